The molecule has 0 heterocycles. The molecule has 0 rings (SSSR count). The van der Waals surface area contributed by atoms with Gasteiger partial charge >= 0.3 is 0 Å². The van der Waals surface area contributed by atoms with Crippen molar-refractivity contribution in [1.29, 1.82) is 0 Å². The molecule has 0 radical (unpaired) electrons. The van der Waals surface area contributed by atoms with Crippen LogP contribution in [0.3, 0.4) is 0 Å². The number of quaternary nitrogens is 1. The van der Waals surface area contributed by atoms with E-state index in [1.807, 2.05) is 0 Å². The van der Waals surface area contributed by atoms with Gasteiger partial charge in [-0.25, -0.2) is 0 Å². The van der Waals surface area contributed by atoms with Crippen LogP contribution in [0, 0.1) is 0 Å². The summed E-state index contributed by atoms with van der Waals surface area (Å²) >= 11 is 0. The van der Waals surface area contributed by atoms with Gasteiger partial charge in [-0.15, -0.1) is 0 Å². The fourth-order valence-corrected chi connectivity index (χ4v) is 2.60. The molecule has 0 saturated carbocycles. The van der Waals surface area contributed by atoms with Gasteiger partial charge in [-0.1, -0.05) is 77.6 Å². The largest absolute Gasteiger partial charge is 0.857 e. The van der Waals surface area contributed by atoms with E-state index in [1.165, 1.54) is 90.0 Å². The van der Waals surface area contributed by atoms with Crippen LogP contribution in [0.25, 0.3) is 0 Å². The molecule has 0 aromatic rings. The van der Waals surface area contributed by atoms with Crippen LogP contribution in [0.1, 0.15) is 90.4 Å². The molecule has 21 heavy (non-hydrogen) atoms. The maximum absolute atomic E-state index is 8.25. The minimum Gasteiger partial charge on any atom is -0.857 e. The van der Waals surface area contributed by atoms with Gasteiger partial charge in [-0.2, -0.15) is 7.11 Å². The Morgan fingerprint density at radius 3 is 1.10 bits per heavy atom. The van der Waals surface area contributed by atoms with Crippen LogP contribution in [0.15, 0.2) is 0 Å². The fraction of sp³-hybridized carbons (Fsp3) is 1.00. The molecular weight excluding hydrogens is 258 g/mol. The first kappa shape index (κ1) is 23.2. The van der Waals surface area contributed by atoms with Gasteiger partial charge in [0.15, 0.2) is 0 Å². The number of rotatable bonds is 14. The summed E-state index contributed by atoms with van der Waals surface area (Å²) in [6.45, 7) is 3.62. The zero-order valence-corrected chi connectivity index (χ0v) is 15.8. The van der Waals surface area contributed by atoms with E-state index >= 15 is 0 Å². The molecule has 0 amide bonds. The standard InChI is InChI=1S/C18H40N.CH3O/c1-5-6-7-8-9-10-11-12-13-14-15-16-17-18-19(2,3)4;1-2/h5-18H2,1-4H3;1H3/q+1;-1. The maximum atomic E-state index is 8.25. The summed E-state index contributed by atoms with van der Waals surface area (Å²) in [6.07, 6.45) is 18.9. The van der Waals surface area contributed by atoms with Crippen LogP contribution in [0.4, 0.5) is 0 Å². The first-order chi connectivity index (χ1) is 10.1. The van der Waals surface area contributed by atoms with Crippen LogP contribution < -0.4 is 5.11 Å². The Labute approximate surface area is 135 Å². The molecule has 0 unspecified atom stereocenters. The van der Waals surface area contributed by atoms with Gasteiger partial charge in [0.1, 0.15) is 0 Å². The molecule has 0 aromatic heterocycles. The molecule has 0 bridgehead atoms. The van der Waals surface area contributed by atoms with E-state index in [0.29, 0.717) is 0 Å². The quantitative estimate of drug-likeness (QED) is 0.335. The predicted octanol–water partition coefficient (Wildman–Crippen LogP) is 4.76. The first-order valence-corrected chi connectivity index (χ1v) is 9.27. The summed E-state index contributed by atoms with van der Waals surface area (Å²) in [4.78, 5) is 0. The number of hydrogen-bond donors (Lipinski definition) is 0. The zero-order chi connectivity index (χ0) is 16.4. The SMILES string of the molecule is CCCCCCCCCCCCCCC[N+](C)(C)C.C[O-]. The minimum absolute atomic E-state index is 0.750. The molecule has 0 spiro atoms. The summed E-state index contributed by atoms with van der Waals surface area (Å²) in [5.41, 5.74) is 0. The van der Waals surface area contributed by atoms with Crippen LogP contribution in [-0.2, 0) is 0 Å². The molecule has 0 fully saturated rings. The van der Waals surface area contributed by atoms with E-state index < -0.39 is 0 Å². The van der Waals surface area contributed by atoms with Crippen molar-refractivity contribution < 1.29 is 9.59 Å². The van der Waals surface area contributed by atoms with Crippen molar-refractivity contribution in [1.82, 2.24) is 0 Å². The van der Waals surface area contributed by atoms with Gasteiger partial charge in [-0.05, 0) is 12.8 Å². The normalized spacial score (nSPS) is 11.1. The Hall–Kier alpha value is -0.0800. The number of unbranched alkanes of at least 4 members (excludes halogenated alkanes) is 12. The van der Waals surface area contributed by atoms with E-state index in [-0.39, 0.29) is 0 Å². The van der Waals surface area contributed by atoms with Gasteiger partial charge in [0.05, 0.1) is 27.7 Å². The third kappa shape index (κ3) is 25.2. The number of hydrogen-bond acceptors (Lipinski definition) is 1. The Kier molecular flexibility index (Phi) is 19.8. The Bertz CT molecular complexity index is 175. The van der Waals surface area contributed by atoms with Gasteiger partial charge in [0, 0.05) is 0 Å². The highest BCUT2D eigenvalue weighted by molar-refractivity contribution is 4.48. The number of nitrogens with zero attached hydrogens (tertiary/aromatic N) is 1. The first-order valence-electron chi connectivity index (χ1n) is 9.27. The summed E-state index contributed by atoms with van der Waals surface area (Å²) in [5.74, 6) is 0. The van der Waals surface area contributed by atoms with E-state index in [2.05, 4.69) is 28.1 Å². The van der Waals surface area contributed by atoms with Crippen molar-refractivity contribution in [2.75, 3.05) is 34.8 Å². The van der Waals surface area contributed by atoms with Gasteiger partial charge in [-0.3, -0.25) is 0 Å². The molecule has 0 N–H and O–H groups in total. The molecule has 0 aromatic carbocycles. The highest BCUT2D eigenvalue weighted by atomic mass is 16.2. The molecule has 130 valence electrons. The maximum Gasteiger partial charge on any atom is 0.0780 e. The highest BCUT2D eigenvalue weighted by Gasteiger charge is 2.04. The van der Waals surface area contributed by atoms with Crippen LogP contribution in [-0.4, -0.2) is 39.3 Å². The predicted molar refractivity (Wildman–Crippen MR) is 94.5 cm³/mol. The van der Waals surface area contributed by atoms with E-state index in [4.69, 9.17) is 5.11 Å². The summed E-state index contributed by atoms with van der Waals surface area (Å²) < 4.78 is 1.12. The lowest BCUT2D eigenvalue weighted by Crippen LogP contribution is -2.35. The van der Waals surface area contributed by atoms with E-state index in [0.717, 1.165) is 11.6 Å². The fourth-order valence-electron chi connectivity index (χ4n) is 2.60. The molecule has 2 nitrogen and oxygen atoms in total. The zero-order valence-electron chi connectivity index (χ0n) is 15.8. The van der Waals surface area contributed by atoms with Gasteiger partial charge < -0.3 is 9.59 Å². The smallest absolute Gasteiger partial charge is 0.0780 e. The topological polar surface area (TPSA) is 23.1 Å². The Morgan fingerprint density at radius 2 is 0.810 bits per heavy atom. The van der Waals surface area contributed by atoms with E-state index in [9.17, 15) is 0 Å². The molecule has 0 aliphatic carbocycles. The highest BCUT2D eigenvalue weighted by Crippen LogP contribution is 2.12. The van der Waals surface area contributed by atoms with Gasteiger partial charge in [0.2, 0.25) is 0 Å². The van der Waals surface area contributed by atoms with Gasteiger partial charge in [0.25, 0.3) is 0 Å². The van der Waals surface area contributed by atoms with Crippen molar-refractivity contribution in [3.05, 3.63) is 0 Å². The van der Waals surface area contributed by atoms with Crippen molar-refractivity contribution in [3.63, 3.8) is 0 Å². The molecule has 0 atom stereocenters. The van der Waals surface area contributed by atoms with Crippen molar-refractivity contribution in [2.45, 2.75) is 90.4 Å². The van der Waals surface area contributed by atoms with Crippen LogP contribution in [0.2, 0.25) is 0 Å². The molecule has 0 saturated heterocycles. The monoisotopic (exact) mass is 301 g/mol. The van der Waals surface area contributed by atoms with Crippen molar-refractivity contribution in [2.24, 2.45) is 0 Å². The third-order valence-electron chi connectivity index (χ3n) is 3.93. The third-order valence-corrected chi connectivity index (χ3v) is 3.93. The second-order valence-electron chi connectivity index (χ2n) is 7.26. The van der Waals surface area contributed by atoms with Crippen molar-refractivity contribution >= 4 is 0 Å². The molecule has 2 heteroatoms. The summed E-state index contributed by atoms with van der Waals surface area (Å²) in [7, 11) is 7.63. The lowest BCUT2D eigenvalue weighted by Gasteiger charge is -2.23. The average Bonchev–Trinajstić information content (AvgIpc) is 2.45. The Balaban J connectivity index is 0. The molecule has 0 aliphatic rings. The lowest BCUT2D eigenvalue weighted by molar-refractivity contribution is -0.870. The Morgan fingerprint density at radius 1 is 0.524 bits per heavy atom. The second-order valence-corrected chi connectivity index (χ2v) is 7.26. The lowest BCUT2D eigenvalue weighted by atomic mass is 10.0. The average molecular weight is 302 g/mol. The molecular formula is C19H43NO. The second kappa shape index (κ2) is 18.0. The molecule has 0 aliphatic heterocycles. The summed E-state index contributed by atoms with van der Waals surface area (Å²) in [6, 6.07) is 0. The van der Waals surface area contributed by atoms with E-state index in [1.54, 1.807) is 0 Å². The summed E-state index contributed by atoms with van der Waals surface area (Å²) in [5, 5.41) is 8.25. The van der Waals surface area contributed by atoms with Crippen LogP contribution >= 0.6 is 0 Å². The van der Waals surface area contributed by atoms with Crippen LogP contribution in [0.5, 0.6) is 0 Å². The minimum atomic E-state index is 0.750. The van der Waals surface area contributed by atoms with Crippen molar-refractivity contribution in [3.8, 4) is 0 Å².